The summed E-state index contributed by atoms with van der Waals surface area (Å²) in [6.45, 7) is 5.97. The number of likely N-dealkylation sites (N-methyl/N-ethyl adjacent to an activating group) is 1. The summed E-state index contributed by atoms with van der Waals surface area (Å²) in [4.78, 5) is 24.3. The number of hydrogen-bond acceptors (Lipinski definition) is 4. The molecule has 23 heavy (non-hydrogen) atoms. The Hall–Kier alpha value is -1.60. The van der Waals surface area contributed by atoms with E-state index in [9.17, 15) is 4.79 Å². The molecule has 1 atom stereocenters. The minimum Gasteiger partial charge on any atom is -0.376 e. The second-order valence-corrected chi connectivity index (χ2v) is 6.46. The molecule has 2 fully saturated rings. The van der Waals surface area contributed by atoms with Gasteiger partial charge in [-0.2, -0.15) is 0 Å². The first-order valence-electron chi connectivity index (χ1n) is 8.49. The number of aromatic nitrogens is 2. The molecule has 0 spiro atoms. The number of imidazole rings is 1. The van der Waals surface area contributed by atoms with Crippen molar-refractivity contribution >= 4 is 6.03 Å². The molecule has 1 aromatic rings. The van der Waals surface area contributed by atoms with Crippen LogP contribution in [0.3, 0.4) is 0 Å². The number of urea groups is 1. The van der Waals surface area contributed by atoms with Crippen molar-refractivity contribution in [3.63, 3.8) is 0 Å². The average molecular weight is 321 g/mol. The lowest BCUT2D eigenvalue weighted by molar-refractivity contribution is -0.0681. The van der Waals surface area contributed by atoms with Gasteiger partial charge in [0, 0.05) is 45.7 Å². The van der Waals surface area contributed by atoms with E-state index in [1.54, 1.807) is 13.3 Å². The number of nitrogens with zero attached hydrogens (tertiary/aromatic N) is 3. The third kappa shape index (κ3) is 3.35. The fraction of sp³-hybridized carbons (Fsp3) is 0.750. The smallest absolute Gasteiger partial charge is 0.317 e. The van der Waals surface area contributed by atoms with Crippen molar-refractivity contribution in [2.24, 2.45) is 0 Å². The van der Waals surface area contributed by atoms with Gasteiger partial charge in [0.15, 0.2) is 0 Å². The molecule has 2 N–H and O–H groups in total. The standard InChI is InChI=1S/C16H27N5O2/c1-3-20-9-10-21(11-13(20)14-17-7-8-18-14)15(22)19-12-16(23-2)5-4-6-16/h7-8,13H,3-6,9-12H2,1-2H3,(H,17,18)(H,19,22)/t13-/m0/s1. The fourth-order valence-corrected chi connectivity index (χ4v) is 3.48. The number of ether oxygens (including phenoxy) is 1. The van der Waals surface area contributed by atoms with Crippen molar-refractivity contribution in [1.82, 2.24) is 25.1 Å². The number of rotatable bonds is 5. The second kappa shape index (κ2) is 6.88. The molecule has 0 aromatic carbocycles. The van der Waals surface area contributed by atoms with Crippen LogP contribution in [0.4, 0.5) is 4.79 Å². The zero-order valence-corrected chi connectivity index (χ0v) is 14.0. The van der Waals surface area contributed by atoms with Crippen molar-refractivity contribution in [3.8, 4) is 0 Å². The summed E-state index contributed by atoms with van der Waals surface area (Å²) in [5.74, 6) is 0.928. The third-order valence-electron chi connectivity index (χ3n) is 5.28. The van der Waals surface area contributed by atoms with Gasteiger partial charge >= 0.3 is 6.03 Å². The van der Waals surface area contributed by atoms with Crippen molar-refractivity contribution in [2.45, 2.75) is 37.8 Å². The summed E-state index contributed by atoms with van der Waals surface area (Å²) in [7, 11) is 1.73. The van der Waals surface area contributed by atoms with E-state index in [-0.39, 0.29) is 17.7 Å². The fourth-order valence-electron chi connectivity index (χ4n) is 3.48. The largest absolute Gasteiger partial charge is 0.376 e. The molecule has 2 heterocycles. The summed E-state index contributed by atoms with van der Waals surface area (Å²) in [5, 5.41) is 3.06. The molecule has 2 amide bonds. The molecule has 1 saturated carbocycles. The number of nitrogens with one attached hydrogen (secondary N) is 2. The van der Waals surface area contributed by atoms with Crippen LogP contribution in [0.2, 0.25) is 0 Å². The number of methoxy groups -OCH3 is 1. The Kier molecular flexibility index (Phi) is 4.87. The molecular weight excluding hydrogens is 294 g/mol. The predicted octanol–water partition coefficient (Wildman–Crippen LogP) is 1.37. The first kappa shape index (κ1) is 16.3. The number of piperazine rings is 1. The van der Waals surface area contributed by atoms with Gasteiger partial charge < -0.3 is 19.9 Å². The molecule has 0 bridgehead atoms. The van der Waals surface area contributed by atoms with Crippen LogP contribution in [0.1, 0.15) is 38.1 Å². The van der Waals surface area contributed by atoms with Crippen LogP contribution >= 0.6 is 0 Å². The van der Waals surface area contributed by atoms with E-state index in [0.29, 0.717) is 13.1 Å². The summed E-state index contributed by atoms with van der Waals surface area (Å²) in [5.41, 5.74) is -0.138. The minimum absolute atomic E-state index is 0.000587. The number of amides is 2. The van der Waals surface area contributed by atoms with Gasteiger partial charge in [0.1, 0.15) is 5.82 Å². The van der Waals surface area contributed by atoms with Crippen molar-refractivity contribution in [2.75, 3.05) is 39.8 Å². The number of aromatic amines is 1. The highest BCUT2D eigenvalue weighted by atomic mass is 16.5. The average Bonchev–Trinajstić information content (AvgIpc) is 3.07. The lowest BCUT2D eigenvalue weighted by atomic mass is 9.80. The van der Waals surface area contributed by atoms with E-state index in [1.165, 1.54) is 6.42 Å². The van der Waals surface area contributed by atoms with E-state index >= 15 is 0 Å². The first-order chi connectivity index (χ1) is 11.2. The predicted molar refractivity (Wildman–Crippen MR) is 87.1 cm³/mol. The maximum atomic E-state index is 12.5. The Balaban J connectivity index is 1.58. The molecule has 0 radical (unpaired) electrons. The Morgan fingerprint density at radius 1 is 1.52 bits per heavy atom. The summed E-state index contributed by atoms with van der Waals surface area (Å²) < 4.78 is 5.57. The minimum atomic E-state index is -0.138. The zero-order valence-electron chi connectivity index (χ0n) is 14.0. The van der Waals surface area contributed by atoms with E-state index in [4.69, 9.17) is 4.74 Å². The Labute approximate surface area is 137 Å². The second-order valence-electron chi connectivity index (χ2n) is 6.46. The van der Waals surface area contributed by atoms with Gasteiger partial charge in [0.25, 0.3) is 0 Å². The molecule has 1 aliphatic heterocycles. The maximum absolute atomic E-state index is 12.5. The topological polar surface area (TPSA) is 73.5 Å². The maximum Gasteiger partial charge on any atom is 0.317 e. The van der Waals surface area contributed by atoms with Gasteiger partial charge in [0.2, 0.25) is 0 Å². The summed E-state index contributed by atoms with van der Waals surface area (Å²) in [6, 6.07) is 0.134. The first-order valence-corrected chi connectivity index (χ1v) is 8.49. The van der Waals surface area contributed by atoms with Gasteiger partial charge in [-0.3, -0.25) is 4.90 Å². The van der Waals surface area contributed by atoms with Crippen LogP contribution in [0.25, 0.3) is 0 Å². The molecule has 1 aliphatic carbocycles. The molecule has 1 saturated heterocycles. The third-order valence-corrected chi connectivity index (χ3v) is 5.28. The number of carbonyl (C=O) groups excluding carboxylic acids is 1. The van der Waals surface area contributed by atoms with Gasteiger partial charge in [0.05, 0.1) is 11.6 Å². The highest BCUT2D eigenvalue weighted by molar-refractivity contribution is 5.74. The van der Waals surface area contributed by atoms with Gasteiger partial charge in [-0.1, -0.05) is 6.92 Å². The van der Waals surface area contributed by atoms with E-state index in [0.717, 1.165) is 38.3 Å². The van der Waals surface area contributed by atoms with Crippen LogP contribution in [-0.4, -0.2) is 71.2 Å². The normalized spacial score (nSPS) is 24.3. The van der Waals surface area contributed by atoms with Crippen molar-refractivity contribution in [1.29, 1.82) is 0 Å². The van der Waals surface area contributed by atoms with E-state index < -0.39 is 0 Å². The quantitative estimate of drug-likeness (QED) is 0.859. The molecule has 0 unspecified atom stereocenters. The van der Waals surface area contributed by atoms with E-state index in [2.05, 4.69) is 27.1 Å². The van der Waals surface area contributed by atoms with Gasteiger partial charge in [-0.25, -0.2) is 9.78 Å². The van der Waals surface area contributed by atoms with Gasteiger partial charge in [-0.15, -0.1) is 0 Å². The number of carbonyl (C=O) groups is 1. The summed E-state index contributed by atoms with van der Waals surface area (Å²) >= 11 is 0. The van der Waals surface area contributed by atoms with Crippen molar-refractivity contribution < 1.29 is 9.53 Å². The zero-order chi connectivity index (χ0) is 16.3. The molecule has 128 valence electrons. The highest BCUT2D eigenvalue weighted by Gasteiger charge is 2.38. The molecular formula is C16H27N5O2. The highest BCUT2D eigenvalue weighted by Crippen LogP contribution is 2.34. The Bertz CT molecular complexity index is 509. The number of hydrogen-bond donors (Lipinski definition) is 2. The Morgan fingerprint density at radius 2 is 2.35 bits per heavy atom. The van der Waals surface area contributed by atoms with Crippen molar-refractivity contribution in [3.05, 3.63) is 18.2 Å². The van der Waals surface area contributed by atoms with Crippen LogP contribution in [0, 0.1) is 0 Å². The van der Waals surface area contributed by atoms with Crippen LogP contribution in [0.5, 0.6) is 0 Å². The van der Waals surface area contributed by atoms with Crippen LogP contribution < -0.4 is 5.32 Å². The van der Waals surface area contributed by atoms with E-state index in [1.807, 2.05) is 11.1 Å². The Morgan fingerprint density at radius 3 is 2.91 bits per heavy atom. The lowest BCUT2D eigenvalue weighted by Gasteiger charge is -2.42. The molecule has 2 aliphatic rings. The van der Waals surface area contributed by atoms with Gasteiger partial charge in [-0.05, 0) is 25.8 Å². The lowest BCUT2D eigenvalue weighted by Crippen LogP contribution is -2.56. The molecule has 7 nitrogen and oxygen atoms in total. The van der Waals surface area contributed by atoms with Crippen LogP contribution in [0.15, 0.2) is 12.4 Å². The van der Waals surface area contributed by atoms with Crippen LogP contribution in [-0.2, 0) is 4.74 Å². The molecule has 3 rings (SSSR count). The summed E-state index contributed by atoms with van der Waals surface area (Å²) in [6.07, 6.45) is 6.84. The molecule has 1 aromatic heterocycles. The monoisotopic (exact) mass is 321 g/mol. The number of H-pyrrole nitrogens is 1. The SMILES string of the molecule is CCN1CCN(C(=O)NCC2(OC)CCC2)C[C@H]1c1ncc[nH]1. The molecule has 7 heteroatoms.